The Balaban J connectivity index is 1.61. The van der Waals surface area contributed by atoms with Gasteiger partial charge in [0.1, 0.15) is 5.75 Å². The molecule has 1 amide bonds. The standard InChI is InChI=1S/C23H30N2O2/c26-21-12-10-19(11-13-21)18-22(20-8-4-3-5-9-20)23(27)24-14-17-25-15-6-1-2-7-16-25/h3-5,8-13,22,26H,1-2,6-7,14-18H2,(H,24,27). The lowest BCUT2D eigenvalue weighted by molar-refractivity contribution is -0.122. The van der Waals surface area contributed by atoms with Crippen LogP contribution in [-0.4, -0.2) is 42.1 Å². The lowest BCUT2D eigenvalue weighted by Crippen LogP contribution is -2.38. The molecule has 1 unspecified atom stereocenters. The molecule has 144 valence electrons. The zero-order valence-electron chi connectivity index (χ0n) is 15.9. The molecule has 0 aromatic heterocycles. The third kappa shape index (κ3) is 6.10. The van der Waals surface area contributed by atoms with Crippen molar-refractivity contribution < 1.29 is 9.90 Å². The predicted octanol–water partition coefficient (Wildman–Crippen LogP) is 3.71. The van der Waals surface area contributed by atoms with Crippen LogP contribution in [0, 0.1) is 0 Å². The molecule has 0 saturated carbocycles. The van der Waals surface area contributed by atoms with Gasteiger partial charge in [-0.25, -0.2) is 0 Å². The number of phenols is 1. The summed E-state index contributed by atoms with van der Waals surface area (Å²) in [6, 6.07) is 17.1. The highest BCUT2D eigenvalue weighted by Gasteiger charge is 2.21. The number of nitrogens with zero attached hydrogens (tertiary/aromatic N) is 1. The average molecular weight is 367 g/mol. The molecule has 1 atom stereocenters. The fourth-order valence-corrected chi connectivity index (χ4v) is 3.74. The van der Waals surface area contributed by atoms with Crippen molar-refractivity contribution in [3.05, 3.63) is 65.7 Å². The average Bonchev–Trinajstić information content (AvgIpc) is 2.97. The Kier molecular flexibility index (Phi) is 7.28. The largest absolute Gasteiger partial charge is 0.508 e. The van der Waals surface area contributed by atoms with Crippen LogP contribution < -0.4 is 5.32 Å². The van der Waals surface area contributed by atoms with Gasteiger partial charge in [-0.15, -0.1) is 0 Å². The van der Waals surface area contributed by atoms with Crippen LogP contribution >= 0.6 is 0 Å². The van der Waals surface area contributed by atoms with Gasteiger partial charge in [-0.2, -0.15) is 0 Å². The Labute approximate surface area is 162 Å². The first-order valence-electron chi connectivity index (χ1n) is 10.1. The first-order chi connectivity index (χ1) is 13.2. The van der Waals surface area contributed by atoms with E-state index in [1.165, 1.54) is 25.7 Å². The SMILES string of the molecule is O=C(NCCN1CCCCCC1)C(Cc1ccc(O)cc1)c1ccccc1. The van der Waals surface area contributed by atoms with Crippen molar-refractivity contribution in [3.63, 3.8) is 0 Å². The van der Waals surface area contributed by atoms with E-state index in [2.05, 4.69) is 10.2 Å². The number of carbonyl (C=O) groups is 1. The van der Waals surface area contributed by atoms with Crippen LogP contribution in [0.5, 0.6) is 5.75 Å². The smallest absolute Gasteiger partial charge is 0.227 e. The van der Waals surface area contributed by atoms with Crippen molar-refractivity contribution in [2.75, 3.05) is 26.2 Å². The van der Waals surface area contributed by atoms with Gasteiger partial charge in [-0.3, -0.25) is 4.79 Å². The Morgan fingerprint density at radius 2 is 1.63 bits per heavy atom. The lowest BCUT2D eigenvalue weighted by atomic mass is 9.91. The number of nitrogens with one attached hydrogen (secondary N) is 1. The molecule has 4 nitrogen and oxygen atoms in total. The van der Waals surface area contributed by atoms with Crippen LogP contribution in [0.4, 0.5) is 0 Å². The minimum Gasteiger partial charge on any atom is -0.508 e. The second kappa shape index (κ2) is 10.1. The minimum atomic E-state index is -0.222. The Morgan fingerprint density at radius 1 is 0.963 bits per heavy atom. The van der Waals surface area contributed by atoms with Gasteiger partial charge in [0.05, 0.1) is 5.92 Å². The molecule has 1 fully saturated rings. The summed E-state index contributed by atoms with van der Waals surface area (Å²) >= 11 is 0. The van der Waals surface area contributed by atoms with Crippen molar-refractivity contribution in [1.82, 2.24) is 10.2 Å². The van der Waals surface area contributed by atoms with E-state index in [1.54, 1.807) is 12.1 Å². The molecule has 0 spiro atoms. The zero-order valence-corrected chi connectivity index (χ0v) is 15.9. The maximum Gasteiger partial charge on any atom is 0.227 e. The summed E-state index contributed by atoms with van der Waals surface area (Å²) in [6.07, 6.45) is 5.81. The number of hydrogen-bond donors (Lipinski definition) is 2. The number of aromatic hydroxyl groups is 1. The quantitative estimate of drug-likeness (QED) is 0.785. The van der Waals surface area contributed by atoms with E-state index in [-0.39, 0.29) is 17.6 Å². The molecule has 1 heterocycles. The van der Waals surface area contributed by atoms with E-state index < -0.39 is 0 Å². The van der Waals surface area contributed by atoms with Crippen LogP contribution in [-0.2, 0) is 11.2 Å². The number of amides is 1. The van der Waals surface area contributed by atoms with Crippen molar-refractivity contribution in [1.29, 1.82) is 0 Å². The second-order valence-corrected chi connectivity index (χ2v) is 7.38. The molecule has 3 rings (SSSR count). The van der Waals surface area contributed by atoms with Crippen LogP contribution in [0.3, 0.4) is 0 Å². The van der Waals surface area contributed by atoms with E-state index in [1.807, 2.05) is 42.5 Å². The van der Waals surface area contributed by atoms with E-state index in [0.29, 0.717) is 13.0 Å². The molecule has 1 aliphatic heterocycles. The van der Waals surface area contributed by atoms with Gasteiger partial charge in [0.25, 0.3) is 0 Å². The highest BCUT2D eigenvalue weighted by atomic mass is 16.3. The van der Waals surface area contributed by atoms with E-state index in [9.17, 15) is 9.90 Å². The lowest BCUT2D eigenvalue weighted by Gasteiger charge is -2.22. The Morgan fingerprint density at radius 3 is 2.30 bits per heavy atom. The van der Waals surface area contributed by atoms with Gasteiger partial charge in [0, 0.05) is 13.1 Å². The minimum absolute atomic E-state index is 0.0732. The van der Waals surface area contributed by atoms with Crippen LogP contribution in [0.15, 0.2) is 54.6 Å². The first-order valence-corrected chi connectivity index (χ1v) is 10.1. The number of hydrogen-bond acceptors (Lipinski definition) is 3. The molecule has 2 aromatic carbocycles. The van der Waals surface area contributed by atoms with Crippen molar-refractivity contribution in [3.8, 4) is 5.75 Å². The van der Waals surface area contributed by atoms with Gasteiger partial charge in [-0.05, 0) is 55.6 Å². The fraction of sp³-hybridized carbons (Fsp3) is 0.435. The molecule has 27 heavy (non-hydrogen) atoms. The molecule has 2 N–H and O–H groups in total. The highest BCUT2D eigenvalue weighted by Crippen LogP contribution is 2.22. The summed E-state index contributed by atoms with van der Waals surface area (Å²) in [5.74, 6) is 0.0980. The Bertz CT molecular complexity index is 692. The number of phenolic OH excluding ortho intramolecular Hbond substituents is 1. The monoisotopic (exact) mass is 366 g/mol. The number of carbonyl (C=O) groups excluding carboxylic acids is 1. The van der Waals surface area contributed by atoms with Crippen molar-refractivity contribution in [2.24, 2.45) is 0 Å². The highest BCUT2D eigenvalue weighted by molar-refractivity contribution is 5.84. The van der Waals surface area contributed by atoms with Gasteiger partial charge in [0.15, 0.2) is 0 Å². The summed E-state index contributed by atoms with van der Waals surface area (Å²) in [6.45, 7) is 3.90. The third-order valence-electron chi connectivity index (χ3n) is 5.32. The predicted molar refractivity (Wildman–Crippen MR) is 109 cm³/mol. The third-order valence-corrected chi connectivity index (χ3v) is 5.32. The first kappa shape index (κ1) is 19.4. The zero-order chi connectivity index (χ0) is 18.9. The molecule has 0 bridgehead atoms. The second-order valence-electron chi connectivity index (χ2n) is 7.38. The summed E-state index contributed by atoms with van der Waals surface area (Å²) in [5.41, 5.74) is 2.07. The van der Waals surface area contributed by atoms with Gasteiger partial charge >= 0.3 is 0 Å². The molecule has 1 saturated heterocycles. The van der Waals surface area contributed by atoms with Crippen LogP contribution in [0.2, 0.25) is 0 Å². The molecule has 2 aromatic rings. The normalized spacial score (nSPS) is 16.4. The molecule has 0 aliphatic carbocycles. The van der Waals surface area contributed by atoms with Gasteiger partial charge in [-0.1, -0.05) is 55.3 Å². The van der Waals surface area contributed by atoms with E-state index in [0.717, 1.165) is 30.8 Å². The number of rotatable bonds is 7. The van der Waals surface area contributed by atoms with Crippen molar-refractivity contribution >= 4 is 5.91 Å². The number of benzene rings is 2. The topological polar surface area (TPSA) is 52.6 Å². The Hall–Kier alpha value is -2.33. The maximum atomic E-state index is 12.9. The molecule has 0 radical (unpaired) electrons. The summed E-state index contributed by atoms with van der Waals surface area (Å²) < 4.78 is 0. The van der Waals surface area contributed by atoms with Gasteiger partial charge < -0.3 is 15.3 Å². The molecular formula is C23H30N2O2. The van der Waals surface area contributed by atoms with E-state index in [4.69, 9.17) is 0 Å². The van der Waals surface area contributed by atoms with E-state index >= 15 is 0 Å². The maximum absolute atomic E-state index is 12.9. The molecular weight excluding hydrogens is 336 g/mol. The van der Waals surface area contributed by atoms with Crippen LogP contribution in [0.1, 0.15) is 42.7 Å². The van der Waals surface area contributed by atoms with Crippen molar-refractivity contribution in [2.45, 2.75) is 38.0 Å². The summed E-state index contributed by atoms with van der Waals surface area (Å²) in [5, 5.41) is 12.6. The molecule has 1 aliphatic rings. The molecule has 4 heteroatoms. The fourth-order valence-electron chi connectivity index (χ4n) is 3.74. The number of likely N-dealkylation sites (tertiary alicyclic amines) is 1. The van der Waals surface area contributed by atoms with Crippen LogP contribution in [0.25, 0.3) is 0 Å². The summed E-state index contributed by atoms with van der Waals surface area (Å²) in [4.78, 5) is 15.4. The summed E-state index contributed by atoms with van der Waals surface area (Å²) in [7, 11) is 0. The van der Waals surface area contributed by atoms with Gasteiger partial charge in [0.2, 0.25) is 5.91 Å².